The number of nitrogens with one attached hydrogen (secondary N) is 1. The Balaban J connectivity index is 0.000001000. The van der Waals surface area contributed by atoms with Crippen molar-refractivity contribution in [1.29, 1.82) is 0 Å². The van der Waals surface area contributed by atoms with Crippen LogP contribution in [0.3, 0.4) is 0 Å². The molecule has 0 unspecified atom stereocenters. The van der Waals surface area contributed by atoms with E-state index in [4.69, 9.17) is 0 Å². The normalized spacial score (nSPS) is 9.80. The summed E-state index contributed by atoms with van der Waals surface area (Å²) in [5.41, 5.74) is 2.74. The quantitative estimate of drug-likeness (QED) is 0.657. The number of aryl methyl sites for hydroxylation is 1. The molecular formula is C9H15N. The molecule has 1 aromatic carbocycles. The smallest absolute Gasteiger partial charge is 0.0205 e. The summed E-state index contributed by atoms with van der Waals surface area (Å²) in [6.45, 7) is 3.10. The summed E-state index contributed by atoms with van der Waals surface area (Å²) >= 11 is 0. The summed E-state index contributed by atoms with van der Waals surface area (Å²) in [6.07, 6.45) is 0. The second kappa shape index (κ2) is 3.37. The molecule has 1 rings (SSSR count). The van der Waals surface area contributed by atoms with E-state index >= 15 is 0 Å². The van der Waals surface area contributed by atoms with Gasteiger partial charge in [-0.2, -0.15) is 0 Å². The molecule has 0 aromatic heterocycles. The van der Waals surface area contributed by atoms with Gasteiger partial charge in [-0.3, -0.25) is 0 Å². The van der Waals surface area contributed by atoms with Gasteiger partial charge in [0.1, 0.15) is 0 Å². The van der Waals surface area contributed by atoms with E-state index in [0.29, 0.717) is 0 Å². The third-order valence-electron chi connectivity index (χ3n) is 1.63. The summed E-state index contributed by atoms with van der Waals surface area (Å²) in [5, 5.41) is 3.12. The van der Waals surface area contributed by atoms with E-state index in [1.165, 1.54) is 11.1 Å². The topological polar surface area (TPSA) is 12.0 Å². The molecule has 0 spiro atoms. The van der Waals surface area contributed by atoms with Gasteiger partial charge in [-0.25, -0.2) is 0 Å². The largest absolute Gasteiger partial charge is 0.316 e. The molecule has 0 amide bonds. The molecule has 1 heteroatoms. The minimum Gasteiger partial charge on any atom is -0.316 e. The van der Waals surface area contributed by atoms with Gasteiger partial charge in [0.25, 0.3) is 0 Å². The van der Waals surface area contributed by atoms with Gasteiger partial charge in [-0.05, 0) is 25.1 Å². The molecule has 0 aliphatic carbocycles. The average Bonchev–Trinajstić information content (AvgIpc) is 1.94. The molecule has 1 nitrogen and oxygen atoms in total. The van der Waals surface area contributed by atoms with Crippen LogP contribution in [0.4, 0.5) is 0 Å². The van der Waals surface area contributed by atoms with Crippen LogP contribution in [-0.2, 0) is 6.54 Å². The van der Waals surface area contributed by atoms with Crippen molar-refractivity contribution in [3.63, 3.8) is 0 Å². The molecule has 0 heterocycles. The Morgan fingerprint density at radius 3 is 2.70 bits per heavy atom. The lowest BCUT2D eigenvalue weighted by atomic mass is 10.1. The zero-order valence-electron chi connectivity index (χ0n) is 6.52. The lowest BCUT2D eigenvalue weighted by Crippen LogP contribution is -2.05. The molecule has 0 aliphatic heterocycles. The first kappa shape index (κ1) is 7.29. The van der Waals surface area contributed by atoms with Crippen molar-refractivity contribution in [3.05, 3.63) is 35.4 Å². The fourth-order valence-corrected chi connectivity index (χ4v) is 0.999. The van der Waals surface area contributed by atoms with Crippen LogP contribution in [0, 0.1) is 6.92 Å². The van der Waals surface area contributed by atoms with E-state index in [1.54, 1.807) is 0 Å². The fraction of sp³-hybridized carbons (Fsp3) is 0.333. The summed E-state index contributed by atoms with van der Waals surface area (Å²) in [5.74, 6) is 0. The maximum Gasteiger partial charge on any atom is 0.0205 e. The van der Waals surface area contributed by atoms with Gasteiger partial charge in [0.15, 0.2) is 0 Å². The molecule has 0 saturated carbocycles. The molecule has 0 radical (unpaired) electrons. The Hall–Kier alpha value is -0.820. The molecule has 0 aliphatic rings. The van der Waals surface area contributed by atoms with Crippen LogP contribution in [0.25, 0.3) is 0 Å². The fourth-order valence-electron chi connectivity index (χ4n) is 0.999. The van der Waals surface area contributed by atoms with Gasteiger partial charge in [0.2, 0.25) is 0 Å². The van der Waals surface area contributed by atoms with Gasteiger partial charge in [0.05, 0.1) is 0 Å². The second-order valence-corrected chi connectivity index (χ2v) is 2.46. The SMILES string of the molecule is CNCc1ccccc1C.[HH]. The highest BCUT2D eigenvalue weighted by Gasteiger charge is 1.91. The predicted octanol–water partition coefficient (Wildman–Crippen LogP) is 1.96. The van der Waals surface area contributed by atoms with Crippen LogP contribution in [0.1, 0.15) is 12.6 Å². The van der Waals surface area contributed by atoms with Crippen molar-refractivity contribution in [2.45, 2.75) is 13.5 Å². The van der Waals surface area contributed by atoms with Crippen LogP contribution in [0.5, 0.6) is 0 Å². The van der Waals surface area contributed by atoms with Crippen LogP contribution in [0.15, 0.2) is 24.3 Å². The van der Waals surface area contributed by atoms with Crippen molar-refractivity contribution < 1.29 is 1.43 Å². The highest BCUT2D eigenvalue weighted by Crippen LogP contribution is 2.05. The standard InChI is InChI=1S/C9H13N.H2/c1-8-5-3-4-6-9(8)7-10-2;/h3-6,10H,7H2,1-2H3;1H. The maximum atomic E-state index is 3.12. The van der Waals surface area contributed by atoms with Crippen molar-refractivity contribution in [1.82, 2.24) is 5.32 Å². The van der Waals surface area contributed by atoms with Crippen molar-refractivity contribution in [3.8, 4) is 0 Å². The zero-order chi connectivity index (χ0) is 7.40. The lowest BCUT2D eigenvalue weighted by Gasteiger charge is -2.02. The molecule has 0 atom stereocenters. The molecule has 0 bridgehead atoms. The Bertz CT molecular complexity index is 210. The monoisotopic (exact) mass is 137 g/mol. The molecular weight excluding hydrogens is 122 g/mol. The number of benzene rings is 1. The van der Waals surface area contributed by atoms with E-state index in [1.807, 2.05) is 7.05 Å². The molecule has 1 N–H and O–H groups in total. The first-order valence-electron chi connectivity index (χ1n) is 3.53. The molecule has 10 heavy (non-hydrogen) atoms. The van der Waals surface area contributed by atoms with Crippen molar-refractivity contribution in [2.24, 2.45) is 0 Å². The Morgan fingerprint density at radius 1 is 1.40 bits per heavy atom. The Morgan fingerprint density at radius 2 is 2.10 bits per heavy atom. The first-order chi connectivity index (χ1) is 4.84. The highest BCUT2D eigenvalue weighted by atomic mass is 14.8. The van der Waals surface area contributed by atoms with Gasteiger partial charge < -0.3 is 5.32 Å². The average molecular weight is 137 g/mol. The van der Waals surface area contributed by atoms with E-state index in [2.05, 4.69) is 36.5 Å². The van der Waals surface area contributed by atoms with Gasteiger partial charge in [-0.15, -0.1) is 0 Å². The van der Waals surface area contributed by atoms with Crippen molar-refractivity contribution in [2.75, 3.05) is 7.05 Å². The van der Waals surface area contributed by atoms with Crippen LogP contribution in [0.2, 0.25) is 0 Å². The van der Waals surface area contributed by atoms with Crippen LogP contribution >= 0.6 is 0 Å². The van der Waals surface area contributed by atoms with Crippen molar-refractivity contribution >= 4 is 0 Å². The minimum atomic E-state index is 0. The van der Waals surface area contributed by atoms with Gasteiger partial charge in [-0.1, -0.05) is 24.3 Å². The summed E-state index contributed by atoms with van der Waals surface area (Å²) in [7, 11) is 1.96. The Kier molecular flexibility index (Phi) is 2.46. The summed E-state index contributed by atoms with van der Waals surface area (Å²) in [4.78, 5) is 0. The predicted molar refractivity (Wildman–Crippen MR) is 46.1 cm³/mol. The number of hydrogen-bond acceptors (Lipinski definition) is 1. The number of rotatable bonds is 2. The zero-order valence-corrected chi connectivity index (χ0v) is 6.52. The van der Waals surface area contributed by atoms with Gasteiger partial charge >= 0.3 is 0 Å². The van der Waals surface area contributed by atoms with E-state index in [9.17, 15) is 0 Å². The van der Waals surface area contributed by atoms with Crippen LogP contribution < -0.4 is 5.32 Å². The van der Waals surface area contributed by atoms with E-state index in [0.717, 1.165) is 6.54 Å². The molecule has 0 fully saturated rings. The highest BCUT2D eigenvalue weighted by molar-refractivity contribution is 5.25. The maximum absolute atomic E-state index is 3.12. The van der Waals surface area contributed by atoms with Gasteiger partial charge in [0, 0.05) is 7.97 Å². The van der Waals surface area contributed by atoms with E-state index in [-0.39, 0.29) is 1.43 Å². The minimum absolute atomic E-state index is 0. The molecule has 56 valence electrons. The first-order valence-corrected chi connectivity index (χ1v) is 3.53. The lowest BCUT2D eigenvalue weighted by molar-refractivity contribution is 0.812. The Labute approximate surface area is 63.6 Å². The third kappa shape index (κ3) is 1.58. The summed E-state index contributed by atoms with van der Waals surface area (Å²) < 4.78 is 0. The third-order valence-corrected chi connectivity index (χ3v) is 1.63. The second-order valence-electron chi connectivity index (χ2n) is 2.46. The summed E-state index contributed by atoms with van der Waals surface area (Å²) in [6, 6.07) is 8.41. The number of hydrogen-bond donors (Lipinski definition) is 1. The van der Waals surface area contributed by atoms with E-state index < -0.39 is 0 Å². The van der Waals surface area contributed by atoms with Crippen LogP contribution in [-0.4, -0.2) is 7.05 Å². The molecule has 0 saturated heterocycles. The molecule has 1 aromatic rings.